The molecule has 0 aliphatic rings. The highest BCUT2D eigenvalue weighted by Crippen LogP contribution is 1.92. The number of methoxy groups -OCH3 is 1. The van der Waals surface area contributed by atoms with Gasteiger partial charge in [-0.2, -0.15) is 0 Å². The molecule has 0 saturated heterocycles. The van der Waals surface area contributed by atoms with Crippen molar-refractivity contribution in [3.63, 3.8) is 0 Å². The first kappa shape index (κ1) is 33.6. The van der Waals surface area contributed by atoms with Crippen LogP contribution in [0.4, 0.5) is 4.79 Å². The number of ketones is 2. The first-order valence-corrected chi connectivity index (χ1v) is 6.73. The summed E-state index contributed by atoms with van der Waals surface area (Å²) in [6.45, 7) is 8.78. The normalized spacial score (nSPS) is 8.33. The van der Waals surface area contributed by atoms with Gasteiger partial charge in [0.2, 0.25) is 5.91 Å². The van der Waals surface area contributed by atoms with Gasteiger partial charge in [-0.15, -0.1) is 0 Å². The molecule has 0 aromatic carbocycles. The van der Waals surface area contributed by atoms with Crippen molar-refractivity contribution < 1.29 is 23.9 Å². The Morgan fingerprint density at radius 2 is 1.12 bits per heavy atom. The Bertz CT molecular complexity index is 366. The number of Topliss-reactive ketones (excluding diaryl/α,β-unsaturated/α-hetero) is 2. The summed E-state index contributed by atoms with van der Waals surface area (Å²) in [5.74, 6) is -0.140. The van der Waals surface area contributed by atoms with E-state index in [9.17, 15) is 19.2 Å². The molecular formula is C17H38N2O5. The summed E-state index contributed by atoms with van der Waals surface area (Å²) < 4.78 is 4.28. The average molecular weight is 351 g/mol. The molecule has 0 aromatic heterocycles. The molecule has 0 unspecified atom stereocenters. The molecule has 0 bridgehead atoms. The second kappa shape index (κ2) is 19.1. The number of amides is 2. The maximum atomic E-state index is 10.9. The molecule has 0 heterocycles. The van der Waals surface area contributed by atoms with E-state index in [0.29, 0.717) is 0 Å². The zero-order valence-electron chi connectivity index (χ0n) is 13.6. The molecule has 24 heavy (non-hydrogen) atoms. The second-order valence-corrected chi connectivity index (χ2v) is 5.00. The summed E-state index contributed by atoms with van der Waals surface area (Å²) >= 11 is 0. The molecule has 7 nitrogen and oxygen atoms in total. The van der Waals surface area contributed by atoms with Crippen LogP contribution in [-0.2, 0) is 19.1 Å². The number of nitrogens with one attached hydrogen (secondary N) is 2. The highest BCUT2D eigenvalue weighted by atomic mass is 16.5. The fourth-order valence-corrected chi connectivity index (χ4v) is 0.851. The van der Waals surface area contributed by atoms with Crippen LogP contribution in [0.25, 0.3) is 0 Å². The van der Waals surface area contributed by atoms with Gasteiger partial charge in [0.1, 0.15) is 0 Å². The molecule has 146 valence electrons. The fraction of sp³-hybridized carbons (Fsp3) is 0.765. The Hall–Kier alpha value is -1.92. The van der Waals surface area contributed by atoms with Gasteiger partial charge in [0.15, 0.2) is 11.6 Å². The van der Waals surface area contributed by atoms with Gasteiger partial charge < -0.3 is 15.4 Å². The van der Waals surface area contributed by atoms with Gasteiger partial charge in [0.05, 0.1) is 20.2 Å². The maximum Gasteiger partial charge on any atom is 0.407 e. The third-order valence-electron chi connectivity index (χ3n) is 2.39. The van der Waals surface area contributed by atoms with Gasteiger partial charge >= 0.3 is 6.09 Å². The Morgan fingerprint density at radius 1 is 0.792 bits per heavy atom. The average Bonchev–Trinajstić information content (AvgIpc) is 2.41. The molecule has 7 heteroatoms. The van der Waals surface area contributed by atoms with Crippen molar-refractivity contribution in [3.8, 4) is 0 Å². The van der Waals surface area contributed by atoms with E-state index in [1.54, 1.807) is 13.8 Å². The van der Waals surface area contributed by atoms with Gasteiger partial charge in [0, 0.05) is 18.8 Å². The molecule has 0 aliphatic heterocycles. The van der Waals surface area contributed by atoms with Crippen molar-refractivity contribution in [2.75, 3.05) is 20.2 Å². The summed E-state index contributed by atoms with van der Waals surface area (Å²) in [7, 11) is 1.26. The summed E-state index contributed by atoms with van der Waals surface area (Å²) in [5, 5.41) is 4.74. The quantitative estimate of drug-likeness (QED) is 0.767. The molecule has 0 spiro atoms. The third-order valence-corrected chi connectivity index (χ3v) is 2.39. The van der Waals surface area contributed by atoms with E-state index in [0.717, 1.165) is 0 Å². The van der Waals surface area contributed by atoms with E-state index in [1.807, 2.05) is 13.8 Å². The van der Waals surface area contributed by atoms with Crippen LogP contribution in [0.5, 0.6) is 0 Å². The standard InChI is InChI=1S/C7H13NO3.C7H13NO2.3CH4/c1-5(2)6(9)4-8-7(10)11-3;1-5(2)7(10)4-8-6(3)9;;;/h5H,4H2,1-3H3,(H,8,10);5H,4H2,1-3H3,(H,8,9);3*1H4. The smallest absolute Gasteiger partial charge is 0.407 e. The molecule has 0 atom stereocenters. The van der Waals surface area contributed by atoms with Crippen LogP contribution in [0.3, 0.4) is 0 Å². The van der Waals surface area contributed by atoms with Crippen LogP contribution in [0.1, 0.15) is 56.9 Å². The van der Waals surface area contributed by atoms with Gasteiger partial charge in [-0.05, 0) is 0 Å². The predicted octanol–water partition coefficient (Wildman–Crippen LogP) is 2.82. The number of carbonyl (C=O) groups excluding carboxylic acids is 4. The van der Waals surface area contributed by atoms with Crippen molar-refractivity contribution in [3.05, 3.63) is 0 Å². The van der Waals surface area contributed by atoms with E-state index >= 15 is 0 Å². The Morgan fingerprint density at radius 3 is 1.38 bits per heavy atom. The van der Waals surface area contributed by atoms with Crippen molar-refractivity contribution in [2.24, 2.45) is 11.8 Å². The van der Waals surface area contributed by atoms with Crippen LogP contribution >= 0.6 is 0 Å². The maximum absolute atomic E-state index is 10.9. The number of hydrogen-bond donors (Lipinski definition) is 2. The van der Waals surface area contributed by atoms with Crippen LogP contribution in [0.2, 0.25) is 0 Å². The molecule has 2 amide bonds. The zero-order chi connectivity index (χ0) is 17.0. The first-order valence-electron chi connectivity index (χ1n) is 6.73. The molecule has 0 aliphatic carbocycles. The molecule has 0 aromatic rings. The van der Waals surface area contributed by atoms with Gasteiger partial charge in [-0.3, -0.25) is 14.4 Å². The number of hydrogen-bond acceptors (Lipinski definition) is 5. The fourth-order valence-electron chi connectivity index (χ4n) is 0.851. The summed E-state index contributed by atoms with van der Waals surface area (Å²) in [4.78, 5) is 42.5. The van der Waals surface area contributed by atoms with Crippen LogP contribution < -0.4 is 10.6 Å². The zero-order valence-corrected chi connectivity index (χ0v) is 13.6. The lowest BCUT2D eigenvalue weighted by Gasteiger charge is -2.04. The largest absolute Gasteiger partial charge is 0.453 e. The van der Waals surface area contributed by atoms with E-state index < -0.39 is 6.09 Å². The van der Waals surface area contributed by atoms with E-state index in [4.69, 9.17) is 0 Å². The van der Waals surface area contributed by atoms with Crippen LogP contribution in [-0.4, -0.2) is 43.8 Å². The Kier molecular flexibility index (Phi) is 26.8. The van der Waals surface area contributed by atoms with Crippen LogP contribution in [0.15, 0.2) is 0 Å². The molecule has 0 fully saturated rings. The Balaban J connectivity index is -0.0000000894. The van der Waals surface area contributed by atoms with Gasteiger partial charge in [-0.25, -0.2) is 4.79 Å². The van der Waals surface area contributed by atoms with Crippen molar-refractivity contribution in [1.82, 2.24) is 10.6 Å². The summed E-state index contributed by atoms with van der Waals surface area (Å²) in [5.41, 5.74) is 0. The van der Waals surface area contributed by atoms with Crippen LogP contribution in [0, 0.1) is 11.8 Å². The van der Waals surface area contributed by atoms with E-state index in [-0.39, 0.29) is 64.7 Å². The van der Waals surface area contributed by atoms with E-state index in [1.165, 1.54) is 14.0 Å². The highest BCUT2D eigenvalue weighted by Gasteiger charge is 2.08. The van der Waals surface area contributed by atoms with Crippen molar-refractivity contribution >= 4 is 23.6 Å². The molecular weight excluding hydrogens is 312 g/mol. The first-order chi connectivity index (χ1) is 9.61. The van der Waals surface area contributed by atoms with Crippen molar-refractivity contribution in [2.45, 2.75) is 56.9 Å². The molecule has 2 N–H and O–H groups in total. The number of ether oxygens (including phenoxy) is 1. The molecule has 0 rings (SSSR count). The molecule has 0 saturated carbocycles. The summed E-state index contributed by atoms with van der Waals surface area (Å²) in [6.07, 6.45) is -0.570. The second-order valence-electron chi connectivity index (χ2n) is 5.00. The number of alkyl carbamates (subject to hydrolysis) is 1. The predicted molar refractivity (Wildman–Crippen MR) is 99.0 cm³/mol. The van der Waals surface area contributed by atoms with Crippen molar-refractivity contribution in [1.29, 1.82) is 0 Å². The number of rotatable bonds is 6. The number of carbonyl (C=O) groups is 4. The lowest BCUT2D eigenvalue weighted by atomic mass is 10.1. The monoisotopic (exact) mass is 350 g/mol. The minimum Gasteiger partial charge on any atom is -0.453 e. The minimum atomic E-state index is -0.570. The van der Waals surface area contributed by atoms with E-state index in [2.05, 4.69) is 15.4 Å². The topological polar surface area (TPSA) is 102 Å². The molecule has 0 radical (unpaired) electrons. The highest BCUT2D eigenvalue weighted by molar-refractivity contribution is 5.86. The van der Waals surface area contributed by atoms with Gasteiger partial charge in [0.25, 0.3) is 0 Å². The minimum absolute atomic E-state index is 0. The lowest BCUT2D eigenvalue weighted by Crippen LogP contribution is -2.31. The SMILES string of the molecule is C.C.C.CC(=O)NCC(=O)C(C)C.COC(=O)NCC(=O)C(C)C. The Labute approximate surface area is 147 Å². The lowest BCUT2D eigenvalue weighted by molar-refractivity contribution is -0.125. The third kappa shape index (κ3) is 22.4. The van der Waals surface area contributed by atoms with Gasteiger partial charge in [-0.1, -0.05) is 50.0 Å². The summed E-state index contributed by atoms with van der Waals surface area (Å²) in [6, 6.07) is 0.